The van der Waals surface area contributed by atoms with Crippen molar-refractivity contribution < 1.29 is 9.59 Å². The second-order valence-electron chi connectivity index (χ2n) is 4.26. The third-order valence-corrected chi connectivity index (χ3v) is 2.82. The van der Waals surface area contributed by atoms with Crippen molar-refractivity contribution in [3.8, 4) is 0 Å². The molecule has 0 saturated carbocycles. The van der Waals surface area contributed by atoms with Gasteiger partial charge in [0.15, 0.2) is 0 Å². The lowest BCUT2D eigenvalue weighted by Gasteiger charge is -2.21. The van der Waals surface area contributed by atoms with Crippen LogP contribution < -0.4 is 11.1 Å². The molecular formula is C13H19N3O2. The predicted molar refractivity (Wildman–Crippen MR) is 71.0 cm³/mol. The first-order valence-electron chi connectivity index (χ1n) is 5.76. The number of hydrogen-bond donors (Lipinski definition) is 2. The quantitative estimate of drug-likeness (QED) is 0.766. The Kier molecular flexibility index (Phi) is 4.71. The van der Waals surface area contributed by atoms with Crippen LogP contribution in [0.5, 0.6) is 0 Å². The van der Waals surface area contributed by atoms with Gasteiger partial charge in [0.25, 0.3) is 0 Å². The smallest absolute Gasteiger partial charge is 0.239 e. The molecule has 5 heteroatoms. The van der Waals surface area contributed by atoms with Gasteiger partial charge in [-0.05, 0) is 24.6 Å². The van der Waals surface area contributed by atoms with Crippen LogP contribution in [0.4, 0.5) is 5.69 Å². The molecule has 0 heterocycles. The summed E-state index contributed by atoms with van der Waals surface area (Å²) in [6, 6.07) is 7.21. The van der Waals surface area contributed by atoms with Crippen LogP contribution in [0.15, 0.2) is 24.3 Å². The van der Waals surface area contributed by atoms with E-state index in [9.17, 15) is 9.59 Å². The van der Waals surface area contributed by atoms with Crippen molar-refractivity contribution in [3.63, 3.8) is 0 Å². The van der Waals surface area contributed by atoms with Crippen molar-refractivity contribution in [2.24, 2.45) is 0 Å². The van der Waals surface area contributed by atoms with Crippen molar-refractivity contribution in [3.05, 3.63) is 29.8 Å². The lowest BCUT2D eigenvalue weighted by molar-refractivity contribution is -0.135. The molecular weight excluding hydrogens is 230 g/mol. The molecule has 1 aromatic rings. The maximum atomic E-state index is 12.1. The number of carbonyl (C=O) groups is 2. The van der Waals surface area contributed by atoms with Crippen molar-refractivity contribution in [2.45, 2.75) is 12.8 Å². The topological polar surface area (TPSA) is 75.4 Å². The van der Waals surface area contributed by atoms with Crippen molar-refractivity contribution >= 4 is 17.5 Å². The molecule has 0 aliphatic rings. The number of nitrogens with one attached hydrogen (secondary N) is 1. The third kappa shape index (κ3) is 3.48. The zero-order chi connectivity index (χ0) is 13.7. The van der Waals surface area contributed by atoms with Crippen LogP contribution in [0.25, 0.3) is 0 Å². The third-order valence-electron chi connectivity index (χ3n) is 2.82. The van der Waals surface area contributed by atoms with Gasteiger partial charge in [-0.15, -0.1) is 0 Å². The highest BCUT2D eigenvalue weighted by molar-refractivity contribution is 5.88. The molecule has 98 valence electrons. The summed E-state index contributed by atoms with van der Waals surface area (Å²) >= 11 is 0. The highest BCUT2D eigenvalue weighted by atomic mass is 16.2. The number of benzene rings is 1. The molecule has 5 nitrogen and oxygen atoms in total. The van der Waals surface area contributed by atoms with E-state index in [1.165, 1.54) is 4.90 Å². The molecule has 0 spiro atoms. The van der Waals surface area contributed by atoms with Gasteiger partial charge in [-0.3, -0.25) is 9.59 Å². The lowest BCUT2D eigenvalue weighted by atomic mass is 9.99. The van der Waals surface area contributed by atoms with E-state index in [4.69, 9.17) is 5.73 Å². The average molecular weight is 249 g/mol. The predicted octanol–water partition coefficient (Wildman–Crippen LogP) is 0.577. The van der Waals surface area contributed by atoms with Gasteiger partial charge < -0.3 is 16.0 Å². The minimum atomic E-state index is -0.317. The average Bonchev–Trinajstić information content (AvgIpc) is 2.36. The van der Waals surface area contributed by atoms with Gasteiger partial charge in [0.1, 0.15) is 0 Å². The summed E-state index contributed by atoms with van der Waals surface area (Å²) in [4.78, 5) is 24.7. The minimum absolute atomic E-state index is 0.0575. The molecule has 18 heavy (non-hydrogen) atoms. The fourth-order valence-corrected chi connectivity index (χ4v) is 1.67. The number of carbonyl (C=O) groups excluding carboxylic acids is 2. The number of rotatable bonds is 4. The number of amides is 2. The van der Waals surface area contributed by atoms with Crippen molar-refractivity contribution in [1.29, 1.82) is 0 Å². The molecule has 0 aromatic heterocycles. The zero-order valence-electron chi connectivity index (χ0n) is 10.9. The van der Waals surface area contributed by atoms with Gasteiger partial charge in [-0.2, -0.15) is 0 Å². The Morgan fingerprint density at radius 3 is 2.67 bits per heavy atom. The molecule has 1 aromatic carbocycles. The molecule has 3 N–H and O–H groups in total. The van der Waals surface area contributed by atoms with E-state index in [0.29, 0.717) is 5.69 Å². The summed E-state index contributed by atoms with van der Waals surface area (Å²) in [6.45, 7) is 1.86. The maximum Gasteiger partial charge on any atom is 0.239 e. The van der Waals surface area contributed by atoms with Gasteiger partial charge in [0.05, 0.1) is 12.5 Å². The Bertz CT molecular complexity index is 446. The van der Waals surface area contributed by atoms with Crippen LogP contribution in [0.2, 0.25) is 0 Å². The van der Waals surface area contributed by atoms with Crippen molar-refractivity contribution in [1.82, 2.24) is 10.2 Å². The molecule has 0 radical (unpaired) electrons. The molecule has 0 aliphatic carbocycles. The van der Waals surface area contributed by atoms with Gasteiger partial charge in [0.2, 0.25) is 11.8 Å². The first-order chi connectivity index (χ1) is 8.45. The molecule has 1 unspecified atom stereocenters. The molecule has 0 fully saturated rings. The maximum absolute atomic E-state index is 12.1. The minimum Gasteiger partial charge on any atom is -0.399 e. The number of likely N-dealkylation sites (N-methyl/N-ethyl adjacent to an activating group) is 2. The lowest BCUT2D eigenvalue weighted by Crippen LogP contribution is -2.38. The summed E-state index contributed by atoms with van der Waals surface area (Å²) in [6.07, 6.45) is 0. The van der Waals surface area contributed by atoms with Crippen LogP contribution in [0, 0.1) is 0 Å². The second-order valence-corrected chi connectivity index (χ2v) is 4.26. The Morgan fingerprint density at radius 1 is 1.44 bits per heavy atom. The highest BCUT2D eigenvalue weighted by Crippen LogP contribution is 2.19. The van der Waals surface area contributed by atoms with E-state index in [1.54, 1.807) is 33.2 Å². The van der Waals surface area contributed by atoms with Gasteiger partial charge in [-0.1, -0.05) is 12.1 Å². The molecule has 0 bridgehead atoms. The van der Waals surface area contributed by atoms with Gasteiger partial charge >= 0.3 is 0 Å². The van der Waals surface area contributed by atoms with Crippen LogP contribution in [-0.2, 0) is 9.59 Å². The molecule has 1 rings (SSSR count). The number of hydrogen-bond acceptors (Lipinski definition) is 3. The Hall–Kier alpha value is -2.04. The van der Waals surface area contributed by atoms with E-state index < -0.39 is 0 Å². The Morgan fingerprint density at radius 2 is 2.11 bits per heavy atom. The largest absolute Gasteiger partial charge is 0.399 e. The van der Waals surface area contributed by atoms with Gasteiger partial charge in [0, 0.05) is 19.8 Å². The van der Waals surface area contributed by atoms with Crippen LogP contribution in [0.1, 0.15) is 18.4 Å². The van der Waals surface area contributed by atoms with E-state index >= 15 is 0 Å². The van der Waals surface area contributed by atoms with Gasteiger partial charge in [-0.25, -0.2) is 0 Å². The monoisotopic (exact) mass is 249 g/mol. The highest BCUT2D eigenvalue weighted by Gasteiger charge is 2.20. The fraction of sp³-hybridized carbons (Fsp3) is 0.385. The summed E-state index contributed by atoms with van der Waals surface area (Å²) in [5.41, 5.74) is 7.16. The number of nitrogens with two attached hydrogens (primary N) is 1. The first kappa shape index (κ1) is 14.0. The SMILES string of the molecule is CNC(=O)CN(C)C(=O)C(C)c1cccc(N)c1. The number of nitrogens with zero attached hydrogens (tertiary/aromatic N) is 1. The standard InChI is InChI=1S/C13H19N3O2/c1-9(10-5-4-6-11(14)7-10)13(18)16(3)8-12(17)15-2/h4-7,9H,8,14H2,1-3H3,(H,15,17). The molecule has 1 atom stereocenters. The number of nitrogen functional groups attached to an aromatic ring is 1. The normalized spacial score (nSPS) is 11.7. The van der Waals surface area contributed by atoms with Crippen molar-refractivity contribution in [2.75, 3.05) is 26.4 Å². The van der Waals surface area contributed by atoms with E-state index in [0.717, 1.165) is 5.56 Å². The summed E-state index contributed by atoms with van der Waals surface area (Å²) in [7, 11) is 3.16. The Balaban J connectivity index is 2.74. The van der Waals surface area contributed by atoms with Crippen LogP contribution >= 0.6 is 0 Å². The Labute approximate surface area is 107 Å². The fourth-order valence-electron chi connectivity index (χ4n) is 1.67. The molecule has 2 amide bonds. The molecule has 0 aliphatic heterocycles. The zero-order valence-corrected chi connectivity index (χ0v) is 10.9. The van der Waals surface area contributed by atoms with Crippen LogP contribution in [0.3, 0.4) is 0 Å². The summed E-state index contributed by atoms with van der Waals surface area (Å²) in [5, 5.41) is 2.49. The second kappa shape index (κ2) is 6.05. The molecule has 0 saturated heterocycles. The van der Waals surface area contributed by atoms with Crippen LogP contribution in [-0.4, -0.2) is 37.4 Å². The van der Waals surface area contributed by atoms with E-state index in [-0.39, 0.29) is 24.3 Å². The number of anilines is 1. The van der Waals surface area contributed by atoms with E-state index in [1.807, 2.05) is 12.1 Å². The summed E-state index contributed by atoms with van der Waals surface area (Å²) < 4.78 is 0. The summed E-state index contributed by atoms with van der Waals surface area (Å²) in [5.74, 6) is -0.613. The first-order valence-corrected chi connectivity index (χ1v) is 5.76. The van der Waals surface area contributed by atoms with E-state index in [2.05, 4.69) is 5.32 Å².